The Morgan fingerprint density at radius 2 is 0.842 bits per heavy atom. The third-order valence-electron chi connectivity index (χ3n) is 6.37. The average molecular weight is 513 g/mol. The van der Waals surface area contributed by atoms with E-state index in [1.54, 1.807) is 0 Å². The summed E-state index contributed by atoms with van der Waals surface area (Å²) in [5.41, 5.74) is 3.92. The van der Waals surface area contributed by atoms with Crippen molar-refractivity contribution in [2.75, 3.05) is 13.2 Å². The number of unbranched alkanes of at least 4 members (excludes halogenated alkanes) is 8. The predicted octanol–water partition coefficient (Wildman–Crippen LogP) is 9.89. The Labute approximate surface area is 229 Å². The molecule has 0 heterocycles. The van der Waals surface area contributed by atoms with Crippen molar-refractivity contribution in [2.24, 2.45) is 9.98 Å². The Kier molecular flexibility index (Phi) is 13.8. The summed E-state index contributed by atoms with van der Waals surface area (Å²) in [6.07, 6.45) is 16.2. The van der Waals surface area contributed by atoms with Crippen LogP contribution in [0.2, 0.25) is 0 Å². The average Bonchev–Trinajstić information content (AvgIpc) is 2.96. The maximum absolute atomic E-state index is 5.84. The van der Waals surface area contributed by atoms with E-state index in [1.807, 2.05) is 61.0 Å². The second-order valence-electron chi connectivity index (χ2n) is 9.70. The highest BCUT2D eigenvalue weighted by molar-refractivity contribution is 5.86. The summed E-state index contributed by atoms with van der Waals surface area (Å²) >= 11 is 0. The molecule has 0 saturated heterocycles. The SMILES string of the molecule is CCCCCCCOc1ccc(N=Cc2ccc(C=Nc3ccc(OCCCCCCC)cc3)cc2)cc1. The van der Waals surface area contributed by atoms with Crippen LogP contribution in [-0.4, -0.2) is 25.6 Å². The molecule has 0 atom stereocenters. The van der Waals surface area contributed by atoms with Crippen molar-refractivity contribution in [1.82, 2.24) is 0 Å². The molecule has 0 radical (unpaired) electrons. The van der Waals surface area contributed by atoms with Crippen molar-refractivity contribution in [3.8, 4) is 11.5 Å². The quantitative estimate of drug-likeness (QED) is 0.126. The van der Waals surface area contributed by atoms with E-state index in [1.165, 1.54) is 51.4 Å². The minimum absolute atomic E-state index is 0.779. The summed E-state index contributed by atoms with van der Waals surface area (Å²) in [6.45, 7) is 6.03. The van der Waals surface area contributed by atoms with Gasteiger partial charge in [0.2, 0.25) is 0 Å². The standard InChI is InChI=1S/C34H44N2O2/c1-3-5-7-9-11-25-37-33-21-17-31(18-22-33)35-27-29-13-15-30(16-14-29)28-36-32-19-23-34(24-20-32)38-26-12-10-8-6-4-2/h13-24,27-28H,3-12,25-26H2,1-2H3. The van der Waals surface area contributed by atoms with Gasteiger partial charge in [-0.1, -0.05) is 89.5 Å². The van der Waals surface area contributed by atoms with Gasteiger partial charge in [0.1, 0.15) is 11.5 Å². The molecule has 3 aromatic carbocycles. The third-order valence-corrected chi connectivity index (χ3v) is 6.37. The molecule has 4 heteroatoms. The van der Waals surface area contributed by atoms with Crippen molar-refractivity contribution in [2.45, 2.75) is 78.1 Å². The van der Waals surface area contributed by atoms with E-state index in [4.69, 9.17) is 9.47 Å². The normalized spacial score (nSPS) is 11.4. The number of benzene rings is 3. The minimum atomic E-state index is 0.779. The van der Waals surface area contributed by atoms with Crippen LogP contribution in [-0.2, 0) is 0 Å². The van der Waals surface area contributed by atoms with Gasteiger partial charge in [-0.15, -0.1) is 0 Å². The molecular weight excluding hydrogens is 468 g/mol. The van der Waals surface area contributed by atoms with Crippen LogP contribution < -0.4 is 9.47 Å². The predicted molar refractivity (Wildman–Crippen MR) is 162 cm³/mol. The van der Waals surface area contributed by atoms with Gasteiger partial charge in [0, 0.05) is 12.4 Å². The Morgan fingerprint density at radius 1 is 0.474 bits per heavy atom. The van der Waals surface area contributed by atoms with Crippen LogP contribution in [0, 0.1) is 0 Å². The lowest BCUT2D eigenvalue weighted by Crippen LogP contribution is -1.96. The second-order valence-corrected chi connectivity index (χ2v) is 9.70. The zero-order valence-electron chi connectivity index (χ0n) is 23.3. The first-order valence-corrected chi connectivity index (χ1v) is 14.4. The molecule has 0 aliphatic carbocycles. The van der Waals surface area contributed by atoms with Gasteiger partial charge in [0.05, 0.1) is 24.6 Å². The molecule has 4 nitrogen and oxygen atoms in total. The lowest BCUT2D eigenvalue weighted by Gasteiger charge is -2.06. The lowest BCUT2D eigenvalue weighted by atomic mass is 10.1. The molecule has 0 unspecified atom stereocenters. The van der Waals surface area contributed by atoms with Crippen molar-refractivity contribution in [1.29, 1.82) is 0 Å². The molecule has 0 aliphatic rings. The number of nitrogens with zero attached hydrogens (tertiary/aromatic N) is 2. The Morgan fingerprint density at radius 3 is 1.21 bits per heavy atom. The Balaban J connectivity index is 1.39. The fourth-order valence-corrected chi connectivity index (χ4v) is 4.01. The smallest absolute Gasteiger partial charge is 0.119 e. The van der Waals surface area contributed by atoms with Crippen LogP contribution in [0.5, 0.6) is 11.5 Å². The van der Waals surface area contributed by atoms with Crippen molar-refractivity contribution < 1.29 is 9.47 Å². The van der Waals surface area contributed by atoms with Crippen LogP contribution in [0.1, 0.15) is 89.2 Å². The number of hydrogen-bond acceptors (Lipinski definition) is 4. The molecule has 202 valence electrons. The van der Waals surface area contributed by atoms with Crippen molar-refractivity contribution >= 4 is 23.8 Å². The van der Waals surface area contributed by atoms with Crippen molar-refractivity contribution in [3.05, 3.63) is 83.9 Å². The molecule has 0 spiro atoms. The molecule has 0 amide bonds. The van der Waals surface area contributed by atoms with Crippen LogP contribution in [0.25, 0.3) is 0 Å². The van der Waals surface area contributed by atoms with Crippen LogP contribution in [0.4, 0.5) is 11.4 Å². The molecule has 0 aromatic heterocycles. The highest BCUT2D eigenvalue weighted by Gasteiger charge is 1.98. The maximum Gasteiger partial charge on any atom is 0.119 e. The molecule has 0 saturated carbocycles. The summed E-state index contributed by atoms with van der Waals surface area (Å²) in [5, 5.41) is 0. The van der Waals surface area contributed by atoms with E-state index in [9.17, 15) is 0 Å². The molecular formula is C34H44N2O2. The zero-order chi connectivity index (χ0) is 26.7. The monoisotopic (exact) mass is 512 g/mol. The van der Waals surface area contributed by atoms with E-state index in [0.29, 0.717) is 0 Å². The van der Waals surface area contributed by atoms with Crippen LogP contribution in [0.15, 0.2) is 82.8 Å². The van der Waals surface area contributed by atoms with E-state index < -0.39 is 0 Å². The molecule has 0 bridgehead atoms. The van der Waals surface area contributed by atoms with E-state index in [2.05, 4.69) is 48.1 Å². The van der Waals surface area contributed by atoms with Gasteiger partial charge in [-0.05, 0) is 72.5 Å². The number of aliphatic imine (C=N–C) groups is 2. The van der Waals surface area contributed by atoms with Gasteiger partial charge in [0.15, 0.2) is 0 Å². The fraction of sp³-hybridized carbons (Fsp3) is 0.412. The summed E-state index contributed by atoms with van der Waals surface area (Å²) in [6, 6.07) is 24.2. The van der Waals surface area contributed by atoms with Gasteiger partial charge >= 0.3 is 0 Å². The highest BCUT2D eigenvalue weighted by Crippen LogP contribution is 2.20. The summed E-state index contributed by atoms with van der Waals surface area (Å²) in [5.74, 6) is 1.81. The van der Waals surface area contributed by atoms with Gasteiger partial charge in [-0.2, -0.15) is 0 Å². The van der Waals surface area contributed by atoms with E-state index in [-0.39, 0.29) is 0 Å². The molecule has 0 aliphatic heterocycles. The van der Waals surface area contributed by atoms with Gasteiger partial charge in [0.25, 0.3) is 0 Å². The first-order valence-electron chi connectivity index (χ1n) is 14.4. The molecule has 0 N–H and O–H groups in total. The molecule has 0 fully saturated rings. The number of ether oxygens (including phenoxy) is 2. The Hall–Kier alpha value is -3.40. The second kappa shape index (κ2) is 18.0. The lowest BCUT2D eigenvalue weighted by molar-refractivity contribution is 0.304. The number of hydrogen-bond donors (Lipinski definition) is 0. The first kappa shape index (κ1) is 29.2. The van der Waals surface area contributed by atoms with Crippen LogP contribution >= 0.6 is 0 Å². The Bertz CT molecular complexity index is 982. The summed E-state index contributed by atoms with van der Waals surface area (Å²) in [4.78, 5) is 9.19. The zero-order valence-corrected chi connectivity index (χ0v) is 23.3. The van der Waals surface area contributed by atoms with E-state index in [0.717, 1.165) is 60.1 Å². The van der Waals surface area contributed by atoms with Crippen molar-refractivity contribution in [3.63, 3.8) is 0 Å². The summed E-state index contributed by atoms with van der Waals surface area (Å²) < 4.78 is 11.7. The largest absolute Gasteiger partial charge is 0.494 e. The topological polar surface area (TPSA) is 43.2 Å². The first-order chi connectivity index (χ1) is 18.8. The van der Waals surface area contributed by atoms with E-state index >= 15 is 0 Å². The van der Waals surface area contributed by atoms with Crippen LogP contribution in [0.3, 0.4) is 0 Å². The minimum Gasteiger partial charge on any atom is -0.494 e. The van der Waals surface area contributed by atoms with Gasteiger partial charge < -0.3 is 9.47 Å². The molecule has 38 heavy (non-hydrogen) atoms. The molecule has 3 aromatic rings. The van der Waals surface area contributed by atoms with Gasteiger partial charge in [-0.3, -0.25) is 9.98 Å². The van der Waals surface area contributed by atoms with Gasteiger partial charge in [-0.25, -0.2) is 0 Å². The summed E-state index contributed by atoms with van der Waals surface area (Å²) in [7, 11) is 0. The molecule has 3 rings (SSSR count). The fourth-order valence-electron chi connectivity index (χ4n) is 4.01. The third kappa shape index (κ3) is 11.8. The highest BCUT2D eigenvalue weighted by atomic mass is 16.5. The number of rotatable bonds is 18. The maximum atomic E-state index is 5.84.